The number of hydrogen-bond donors (Lipinski definition) is 1. The monoisotopic (exact) mass is 748 g/mol. The van der Waals surface area contributed by atoms with Gasteiger partial charge in [0.1, 0.15) is 0 Å². The average Bonchev–Trinajstić information content (AvgIpc) is 3.67. The Morgan fingerprint density at radius 1 is 1.09 bits per heavy atom. The van der Waals surface area contributed by atoms with Crippen LogP contribution in [0.4, 0.5) is 5.69 Å². The van der Waals surface area contributed by atoms with Gasteiger partial charge in [0.2, 0.25) is 12.7 Å². The second-order valence-corrected chi connectivity index (χ2v) is 26.2. The fraction of sp³-hybridized carbons (Fsp3) is 0.583. The fourth-order valence-electron chi connectivity index (χ4n) is 7.13. The number of amides is 2. The van der Waals surface area contributed by atoms with Crippen molar-refractivity contribution in [1.82, 2.24) is 9.80 Å². The molecule has 0 aromatic heterocycles. The summed E-state index contributed by atoms with van der Waals surface area (Å²) >= 11 is -1.79. The third kappa shape index (κ3) is 7.81. The zero-order valence-electron chi connectivity index (χ0n) is 28.3. The number of hydrogen-bond acceptors (Lipinski definition) is 6. The molecule has 3 aliphatic heterocycles. The molecule has 9 nitrogen and oxygen atoms in total. The Hall–Kier alpha value is -2.86. The van der Waals surface area contributed by atoms with Crippen molar-refractivity contribution in [3.05, 3.63) is 53.6 Å². The molecule has 0 unspecified atom stereocenters. The van der Waals surface area contributed by atoms with Gasteiger partial charge >= 0.3 is 202 Å². The third-order valence-corrected chi connectivity index (χ3v) is 12.7. The molecule has 2 aromatic carbocycles. The number of aliphatic carboxylic acids is 1. The number of rotatable bonds is 13. The van der Waals surface area contributed by atoms with Gasteiger partial charge in [-0.2, -0.15) is 0 Å². The van der Waals surface area contributed by atoms with E-state index in [-0.39, 0.29) is 31.1 Å². The summed E-state index contributed by atoms with van der Waals surface area (Å²) in [5.74, 6) is -0.638. The summed E-state index contributed by atoms with van der Waals surface area (Å²) in [7, 11) is 0. The number of alkyl halides is 4. The number of halogens is 1. The van der Waals surface area contributed by atoms with Gasteiger partial charge in [-0.25, -0.2) is 0 Å². The maximum atomic E-state index is 14.3. The number of unbranched alkanes of at least 4 members (excludes halogenated alkanes) is 1. The summed E-state index contributed by atoms with van der Waals surface area (Å²) in [5, 5.41) is 10.7. The van der Waals surface area contributed by atoms with Crippen LogP contribution in [0.5, 0.6) is 11.5 Å². The van der Waals surface area contributed by atoms with E-state index in [1.165, 1.54) is 5.56 Å². The first-order valence-corrected chi connectivity index (χ1v) is 24.4. The third-order valence-electron chi connectivity index (χ3n) is 9.58. The molecule has 0 saturated carbocycles. The predicted octanol–water partition coefficient (Wildman–Crippen LogP) is 1.92. The van der Waals surface area contributed by atoms with E-state index in [1.807, 2.05) is 54.0 Å². The van der Waals surface area contributed by atoms with Crippen molar-refractivity contribution >= 4 is 23.5 Å². The number of anilines is 1. The summed E-state index contributed by atoms with van der Waals surface area (Å²) < 4.78 is 12.2. The molecular weight excluding hydrogens is 697 g/mol. The van der Waals surface area contributed by atoms with Gasteiger partial charge in [0.25, 0.3) is 0 Å². The summed E-state index contributed by atoms with van der Waals surface area (Å²) in [5.41, 5.74) is 2.63. The molecule has 3 heterocycles. The molecule has 0 spiro atoms. The van der Waals surface area contributed by atoms with E-state index < -0.39 is 41.8 Å². The standard InChI is InChI=1S/C36H51IN3O6/c1-7-8-16-40(27-11-9-10-25(19-27)21-37(4,5)6)32(41)23-39-22-28(26-12-13-30-31(20-26)46-24-45-30)33(34(42)43)29(39)14-17-38-18-15-36(2,3)35(38)44/h9-13,19-20,28-29,33H,7-8,14-18,21-24H2,1-6H3,(H,42,43)/q-1/t28-,29+,33-/m1/s1. The first-order chi connectivity index (χ1) is 21.8. The molecule has 0 radical (unpaired) electrons. The summed E-state index contributed by atoms with van der Waals surface area (Å²) in [6.45, 7) is 8.48. The van der Waals surface area contributed by atoms with E-state index in [0.717, 1.165) is 34.9 Å². The molecule has 10 heteroatoms. The second-order valence-electron chi connectivity index (χ2n) is 14.4. The van der Waals surface area contributed by atoms with Crippen molar-refractivity contribution in [3.63, 3.8) is 0 Å². The van der Waals surface area contributed by atoms with Crippen LogP contribution in [0.15, 0.2) is 42.5 Å². The first-order valence-electron chi connectivity index (χ1n) is 16.4. The van der Waals surface area contributed by atoms with Crippen LogP contribution >= 0.6 is 0 Å². The number of nitrogens with zero attached hydrogens (tertiary/aromatic N) is 3. The number of carboxylic acids is 1. The van der Waals surface area contributed by atoms with Crippen LogP contribution < -0.4 is 32.8 Å². The van der Waals surface area contributed by atoms with Crippen LogP contribution in [0.2, 0.25) is 0 Å². The van der Waals surface area contributed by atoms with Gasteiger partial charge in [-0.1, -0.05) is 13.8 Å². The van der Waals surface area contributed by atoms with E-state index in [0.29, 0.717) is 44.1 Å². The first kappa shape index (κ1) is 34.5. The summed E-state index contributed by atoms with van der Waals surface area (Å²) in [6.07, 6.45) is 3.10. The van der Waals surface area contributed by atoms with Gasteiger partial charge in [-0.3, -0.25) is 4.79 Å². The van der Waals surface area contributed by atoms with Crippen LogP contribution in [-0.2, 0) is 18.8 Å². The maximum absolute atomic E-state index is 14.3. The Labute approximate surface area is 278 Å². The zero-order valence-corrected chi connectivity index (χ0v) is 30.4. The molecule has 0 bridgehead atoms. The van der Waals surface area contributed by atoms with Crippen LogP contribution in [0.3, 0.4) is 0 Å². The molecule has 1 N–H and O–H groups in total. The minimum absolute atomic E-state index is 0.0268. The fourth-order valence-corrected chi connectivity index (χ4v) is 10.2. The van der Waals surface area contributed by atoms with Gasteiger partial charge in [-0.15, -0.1) is 0 Å². The van der Waals surface area contributed by atoms with E-state index >= 15 is 0 Å². The number of fused-ring (bicyclic) bond motifs is 1. The second kappa shape index (κ2) is 14.1. The molecule has 46 heavy (non-hydrogen) atoms. The predicted molar refractivity (Wildman–Crippen MR) is 177 cm³/mol. The van der Waals surface area contributed by atoms with Gasteiger partial charge in [0.15, 0.2) is 11.5 Å². The molecular formula is C36H51IN3O6-. The van der Waals surface area contributed by atoms with E-state index in [4.69, 9.17) is 9.47 Å². The van der Waals surface area contributed by atoms with Gasteiger partial charge < -0.3 is 9.47 Å². The Bertz CT molecular complexity index is 1440. The molecule has 3 atom stereocenters. The topological polar surface area (TPSA) is 99.6 Å². The minimum atomic E-state index is -1.79. The molecule has 2 aromatic rings. The molecule has 254 valence electrons. The quantitative estimate of drug-likeness (QED) is 0.247. The Morgan fingerprint density at radius 3 is 2.52 bits per heavy atom. The molecule has 2 amide bonds. The van der Waals surface area contributed by atoms with E-state index in [2.05, 4.69) is 38.7 Å². The number of benzene rings is 2. The number of ether oxygens (including phenoxy) is 2. The van der Waals surface area contributed by atoms with Gasteiger partial charge in [0, 0.05) is 12.0 Å². The van der Waals surface area contributed by atoms with Gasteiger partial charge in [0.05, 0.1) is 0 Å². The van der Waals surface area contributed by atoms with Crippen molar-refractivity contribution in [2.24, 2.45) is 11.3 Å². The van der Waals surface area contributed by atoms with E-state index in [1.54, 1.807) is 0 Å². The van der Waals surface area contributed by atoms with E-state index in [9.17, 15) is 19.5 Å². The van der Waals surface area contributed by atoms with Crippen molar-refractivity contribution in [1.29, 1.82) is 0 Å². The summed E-state index contributed by atoms with van der Waals surface area (Å²) in [6, 6.07) is 13.6. The Morgan fingerprint density at radius 2 is 1.85 bits per heavy atom. The van der Waals surface area contributed by atoms with Crippen LogP contribution in [0.25, 0.3) is 0 Å². The normalized spacial score (nSPS) is 22.8. The number of carboxylic acid groups (broad SMARTS) is 1. The molecule has 2 saturated heterocycles. The van der Waals surface area contributed by atoms with Crippen molar-refractivity contribution < 1.29 is 47.4 Å². The Balaban J connectivity index is 1.43. The number of likely N-dealkylation sites (tertiary alicyclic amines) is 2. The van der Waals surface area contributed by atoms with Crippen molar-refractivity contribution in [2.75, 3.05) is 59.2 Å². The van der Waals surface area contributed by atoms with Crippen LogP contribution in [0, 0.1) is 11.3 Å². The average molecular weight is 749 g/mol. The summed E-state index contributed by atoms with van der Waals surface area (Å²) in [4.78, 5) is 53.3. The van der Waals surface area contributed by atoms with Crippen LogP contribution in [-0.4, -0.2) is 93.0 Å². The van der Waals surface area contributed by atoms with Crippen molar-refractivity contribution in [2.45, 2.75) is 62.8 Å². The van der Waals surface area contributed by atoms with Crippen molar-refractivity contribution in [3.8, 4) is 11.5 Å². The number of carbonyl (C=O) groups is 3. The molecule has 0 aliphatic carbocycles. The van der Waals surface area contributed by atoms with Gasteiger partial charge in [-0.05, 0) is 12.5 Å². The number of carbonyl (C=O) groups excluding carboxylic acids is 2. The Kier molecular flexibility index (Phi) is 10.6. The molecule has 5 rings (SSSR count). The molecule has 2 fully saturated rings. The van der Waals surface area contributed by atoms with Crippen LogP contribution in [0.1, 0.15) is 63.5 Å². The zero-order chi connectivity index (χ0) is 33.2. The molecule has 3 aliphatic rings. The SMILES string of the molecule is CCCCN(C(=O)CN1C[C@H](c2ccc3c(c2)OCO3)[C@@H](C(=O)O)[C@@H]1CCN1CCC(C)(C)C1=O)c1cccc(C[I-](C)(C)C)c1.